The fourth-order valence-corrected chi connectivity index (χ4v) is 0.664. The highest BCUT2D eigenvalue weighted by Gasteiger charge is 2.27. The van der Waals surface area contributed by atoms with Gasteiger partial charge < -0.3 is 4.84 Å². The van der Waals surface area contributed by atoms with E-state index in [1.54, 1.807) is 6.92 Å². The Morgan fingerprint density at radius 3 is 3.00 bits per heavy atom. The number of nitrogens with zero attached hydrogens (tertiary/aromatic N) is 2. The van der Waals surface area contributed by atoms with Crippen molar-refractivity contribution >= 4 is 11.7 Å². The first kappa shape index (κ1) is 6.75. The molecule has 0 saturated carbocycles. The van der Waals surface area contributed by atoms with Crippen LogP contribution in [0.5, 0.6) is 0 Å². The molecule has 0 aromatic carbocycles. The van der Waals surface area contributed by atoms with Crippen LogP contribution in [0, 0.1) is 17.2 Å². The molecule has 1 rings (SSSR count). The van der Waals surface area contributed by atoms with E-state index in [9.17, 15) is 4.79 Å². The number of nitriles is 1. The normalized spacial score (nSPS) is 23.4. The lowest BCUT2D eigenvalue weighted by Crippen LogP contribution is -2.13. The van der Waals surface area contributed by atoms with Crippen LogP contribution in [0.25, 0.3) is 0 Å². The van der Waals surface area contributed by atoms with Crippen molar-refractivity contribution in [3.05, 3.63) is 0 Å². The van der Waals surface area contributed by atoms with Gasteiger partial charge in [0.15, 0.2) is 0 Å². The summed E-state index contributed by atoms with van der Waals surface area (Å²) in [5.74, 6) is -0.704. The number of oxime groups is 1. The third-order valence-corrected chi connectivity index (χ3v) is 1.37. The Hall–Kier alpha value is -1.37. The van der Waals surface area contributed by atoms with Gasteiger partial charge in [-0.3, -0.25) is 0 Å². The average molecular weight is 138 g/mol. The van der Waals surface area contributed by atoms with Crippen molar-refractivity contribution in [2.75, 3.05) is 0 Å². The summed E-state index contributed by atoms with van der Waals surface area (Å²) in [7, 11) is 0. The van der Waals surface area contributed by atoms with Gasteiger partial charge >= 0.3 is 5.97 Å². The van der Waals surface area contributed by atoms with Gasteiger partial charge in [-0.1, -0.05) is 5.16 Å². The number of hydrogen-bond acceptors (Lipinski definition) is 4. The summed E-state index contributed by atoms with van der Waals surface area (Å²) in [5, 5.41) is 11.7. The molecule has 0 fully saturated rings. The van der Waals surface area contributed by atoms with Crippen molar-refractivity contribution in [1.82, 2.24) is 0 Å². The van der Waals surface area contributed by atoms with Gasteiger partial charge in [0.1, 0.15) is 0 Å². The van der Waals surface area contributed by atoms with Gasteiger partial charge in [-0.25, -0.2) is 4.79 Å². The Morgan fingerprint density at radius 2 is 2.60 bits per heavy atom. The molecular formula is C6H6N2O2. The Kier molecular flexibility index (Phi) is 1.67. The predicted molar refractivity (Wildman–Crippen MR) is 32.9 cm³/mol. The lowest BCUT2D eigenvalue weighted by Gasteiger charge is -1.93. The van der Waals surface area contributed by atoms with Gasteiger partial charge in [0.25, 0.3) is 0 Å². The van der Waals surface area contributed by atoms with Crippen molar-refractivity contribution < 1.29 is 9.63 Å². The second-order valence-electron chi connectivity index (χ2n) is 2.05. The summed E-state index contributed by atoms with van der Waals surface area (Å²) in [4.78, 5) is 14.9. The minimum absolute atomic E-state index is 0.174. The molecule has 0 aromatic rings. The summed E-state index contributed by atoms with van der Waals surface area (Å²) in [6, 6.07) is 1.90. The molecule has 0 aliphatic carbocycles. The fraction of sp³-hybridized carbons (Fsp3) is 0.500. The summed E-state index contributed by atoms with van der Waals surface area (Å²) in [6.45, 7) is 1.67. The topological polar surface area (TPSA) is 62.4 Å². The van der Waals surface area contributed by atoms with E-state index < -0.39 is 0 Å². The van der Waals surface area contributed by atoms with Crippen LogP contribution in [0.15, 0.2) is 5.16 Å². The monoisotopic (exact) mass is 138 g/mol. The van der Waals surface area contributed by atoms with Crippen LogP contribution >= 0.6 is 0 Å². The molecule has 10 heavy (non-hydrogen) atoms. The van der Waals surface area contributed by atoms with E-state index in [4.69, 9.17) is 5.26 Å². The fourth-order valence-electron chi connectivity index (χ4n) is 0.664. The number of hydrogen-bond donors (Lipinski definition) is 0. The van der Waals surface area contributed by atoms with Crippen LogP contribution < -0.4 is 0 Å². The van der Waals surface area contributed by atoms with Crippen molar-refractivity contribution in [3.63, 3.8) is 0 Å². The maximum Gasteiger partial charge on any atom is 0.343 e. The van der Waals surface area contributed by atoms with Gasteiger partial charge in [-0.2, -0.15) is 5.26 Å². The van der Waals surface area contributed by atoms with Crippen molar-refractivity contribution in [2.24, 2.45) is 11.1 Å². The molecule has 52 valence electrons. The van der Waals surface area contributed by atoms with Crippen LogP contribution in [0.2, 0.25) is 0 Å². The van der Waals surface area contributed by atoms with Crippen LogP contribution in [-0.2, 0) is 9.63 Å². The second-order valence-corrected chi connectivity index (χ2v) is 2.05. The third-order valence-electron chi connectivity index (χ3n) is 1.37. The maximum atomic E-state index is 10.6. The number of rotatable bonds is 1. The summed E-state index contributed by atoms with van der Waals surface area (Å²) >= 11 is 0. The minimum atomic E-state index is -0.370. The zero-order valence-corrected chi connectivity index (χ0v) is 5.50. The van der Waals surface area contributed by atoms with Crippen molar-refractivity contribution in [2.45, 2.75) is 13.3 Å². The van der Waals surface area contributed by atoms with Gasteiger partial charge in [-0.15, -0.1) is 0 Å². The molecule has 1 unspecified atom stereocenters. The van der Waals surface area contributed by atoms with Crippen molar-refractivity contribution in [1.29, 1.82) is 5.26 Å². The SMILES string of the molecule is CC1C(=O)ON=C1CC#N. The lowest BCUT2D eigenvalue weighted by molar-refractivity contribution is -0.142. The quantitative estimate of drug-likeness (QED) is 0.494. The molecule has 0 N–H and O–H groups in total. The Bertz CT molecular complexity index is 226. The molecule has 1 aliphatic rings. The molecule has 0 spiro atoms. The molecule has 4 nitrogen and oxygen atoms in total. The van der Waals surface area contributed by atoms with E-state index in [-0.39, 0.29) is 18.3 Å². The first-order valence-corrected chi connectivity index (χ1v) is 2.90. The van der Waals surface area contributed by atoms with E-state index in [1.165, 1.54) is 0 Å². The number of carbonyl (C=O) groups excluding carboxylic acids is 1. The van der Waals surface area contributed by atoms with Crippen molar-refractivity contribution in [3.8, 4) is 6.07 Å². The molecule has 1 aliphatic heterocycles. The first-order valence-electron chi connectivity index (χ1n) is 2.90. The average Bonchev–Trinajstić information content (AvgIpc) is 2.20. The van der Waals surface area contributed by atoms with Gasteiger partial charge in [0.2, 0.25) is 0 Å². The summed E-state index contributed by atoms with van der Waals surface area (Å²) < 4.78 is 0. The number of carbonyl (C=O) groups is 1. The molecule has 0 saturated heterocycles. The molecule has 0 aromatic heterocycles. The Balaban J connectivity index is 2.64. The van der Waals surface area contributed by atoms with E-state index >= 15 is 0 Å². The first-order chi connectivity index (χ1) is 4.75. The molecule has 1 atom stereocenters. The second kappa shape index (κ2) is 2.48. The Labute approximate surface area is 58.1 Å². The van der Waals surface area contributed by atoms with Gasteiger partial charge in [0.05, 0.1) is 24.1 Å². The molecular weight excluding hydrogens is 132 g/mol. The van der Waals surface area contributed by atoms with Crippen LogP contribution in [-0.4, -0.2) is 11.7 Å². The molecule has 0 amide bonds. The third kappa shape index (κ3) is 0.982. The van der Waals surface area contributed by atoms with Crippen LogP contribution in [0.3, 0.4) is 0 Å². The highest BCUT2D eigenvalue weighted by Crippen LogP contribution is 2.12. The van der Waals surface area contributed by atoms with E-state index in [1.807, 2.05) is 6.07 Å². The molecule has 0 bridgehead atoms. The van der Waals surface area contributed by atoms with Gasteiger partial charge in [0, 0.05) is 0 Å². The summed E-state index contributed by atoms with van der Waals surface area (Å²) in [6.07, 6.45) is 0.174. The summed E-state index contributed by atoms with van der Waals surface area (Å²) in [5.41, 5.74) is 0.521. The van der Waals surface area contributed by atoms with Crippen LogP contribution in [0.1, 0.15) is 13.3 Å². The minimum Gasteiger partial charge on any atom is -0.318 e. The Morgan fingerprint density at radius 1 is 1.90 bits per heavy atom. The zero-order chi connectivity index (χ0) is 7.56. The van der Waals surface area contributed by atoms with E-state index in [0.717, 1.165) is 0 Å². The molecule has 0 radical (unpaired) electrons. The molecule has 1 heterocycles. The smallest absolute Gasteiger partial charge is 0.318 e. The van der Waals surface area contributed by atoms with E-state index in [2.05, 4.69) is 9.99 Å². The largest absolute Gasteiger partial charge is 0.343 e. The molecule has 4 heteroatoms. The van der Waals surface area contributed by atoms with Gasteiger partial charge in [-0.05, 0) is 6.92 Å². The zero-order valence-electron chi connectivity index (χ0n) is 5.50. The maximum absolute atomic E-state index is 10.6. The lowest BCUT2D eigenvalue weighted by atomic mass is 10.1. The standard InChI is InChI=1S/C6H6N2O2/c1-4-5(2-3-7)8-10-6(4)9/h4H,2H2,1H3. The van der Waals surface area contributed by atoms with E-state index in [0.29, 0.717) is 5.71 Å². The van der Waals surface area contributed by atoms with Crippen LogP contribution in [0.4, 0.5) is 0 Å². The highest BCUT2D eigenvalue weighted by atomic mass is 16.7. The highest BCUT2D eigenvalue weighted by molar-refractivity contribution is 6.05. The predicted octanol–water partition coefficient (Wildman–Crippen LogP) is 0.449.